The molecule has 0 spiro atoms. The summed E-state index contributed by atoms with van der Waals surface area (Å²) in [5.74, 6) is 0.317. The van der Waals surface area contributed by atoms with Gasteiger partial charge in [0.15, 0.2) is 0 Å². The van der Waals surface area contributed by atoms with Crippen molar-refractivity contribution in [3.05, 3.63) is 23.0 Å². The number of alkyl halides is 1. The SMILES string of the molecule is Cc1nc(Cl)ccc1NS(=O)(=O)CCCCl. The molecule has 0 atom stereocenters. The van der Waals surface area contributed by atoms with Crippen molar-refractivity contribution in [2.75, 3.05) is 16.4 Å². The first-order valence-corrected chi connectivity index (χ1v) is 7.21. The number of nitrogens with zero attached hydrogens (tertiary/aromatic N) is 1. The smallest absolute Gasteiger partial charge is 0.232 e. The molecule has 0 radical (unpaired) electrons. The number of hydrogen-bond acceptors (Lipinski definition) is 3. The van der Waals surface area contributed by atoms with Gasteiger partial charge in [0, 0.05) is 5.88 Å². The molecule has 90 valence electrons. The second-order valence-corrected chi connectivity index (χ2v) is 5.84. The van der Waals surface area contributed by atoms with Crippen molar-refractivity contribution in [1.29, 1.82) is 0 Å². The van der Waals surface area contributed by atoms with E-state index in [1.165, 1.54) is 6.07 Å². The molecule has 0 aliphatic heterocycles. The van der Waals surface area contributed by atoms with Crippen LogP contribution in [0.5, 0.6) is 0 Å². The Morgan fingerprint density at radius 2 is 2.12 bits per heavy atom. The van der Waals surface area contributed by atoms with Crippen LogP contribution in [0, 0.1) is 6.92 Å². The van der Waals surface area contributed by atoms with Crippen LogP contribution in [0.3, 0.4) is 0 Å². The van der Waals surface area contributed by atoms with E-state index < -0.39 is 10.0 Å². The van der Waals surface area contributed by atoms with Crippen molar-refractivity contribution in [3.63, 3.8) is 0 Å². The van der Waals surface area contributed by atoms with Crippen molar-refractivity contribution in [1.82, 2.24) is 4.98 Å². The largest absolute Gasteiger partial charge is 0.282 e. The highest BCUT2D eigenvalue weighted by Gasteiger charge is 2.11. The Morgan fingerprint density at radius 3 is 2.69 bits per heavy atom. The minimum absolute atomic E-state index is 0.00142. The van der Waals surface area contributed by atoms with Gasteiger partial charge in [0.1, 0.15) is 5.15 Å². The average molecular weight is 283 g/mol. The molecule has 0 aliphatic carbocycles. The first-order chi connectivity index (χ1) is 7.44. The fraction of sp³-hybridized carbons (Fsp3) is 0.444. The van der Waals surface area contributed by atoms with Gasteiger partial charge in [-0.05, 0) is 25.5 Å². The molecule has 1 rings (SSSR count). The van der Waals surface area contributed by atoms with Crippen LogP contribution < -0.4 is 4.72 Å². The number of aryl methyl sites for hydroxylation is 1. The van der Waals surface area contributed by atoms with Gasteiger partial charge in [0.25, 0.3) is 0 Å². The number of rotatable bonds is 5. The maximum atomic E-state index is 11.6. The topological polar surface area (TPSA) is 59.1 Å². The highest BCUT2D eigenvalue weighted by molar-refractivity contribution is 7.92. The van der Waals surface area contributed by atoms with Crippen LogP contribution in [0.25, 0.3) is 0 Å². The third-order valence-corrected chi connectivity index (χ3v) is 3.70. The van der Waals surface area contributed by atoms with E-state index in [2.05, 4.69) is 9.71 Å². The molecule has 0 aliphatic rings. The van der Waals surface area contributed by atoms with Gasteiger partial charge >= 0.3 is 0 Å². The number of nitrogens with one attached hydrogen (secondary N) is 1. The van der Waals surface area contributed by atoms with Crippen LogP contribution in [0.2, 0.25) is 5.15 Å². The van der Waals surface area contributed by atoms with Crippen LogP contribution in [0.15, 0.2) is 12.1 Å². The van der Waals surface area contributed by atoms with Gasteiger partial charge < -0.3 is 0 Å². The Balaban J connectivity index is 2.80. The fourth-order valence-corrected chi connectivity index (χ4v) is 2.76. The highest BCUT2D eigenvalue weighted by atomic mass is 35.5. The predicted octanol–water partition coefficient (Wildman–Crippen LogP) is 2.41. The summed E-state index contributed by atoms with van der Waals surface area (Å²) in [4.78, 5) is 3.95. The number of halogens is 2. The normalized spacial score (nSPS) is 11.4. The molecule has 1 N–H and O–H groups in total. The minimum Gasteiger partial charge on any atom is -0.282 e. The second kappa shape index (κ2) is 5.70. The van der Waals surface area contributed by atoms with Crippen LogP contribution in [-0.4, -0.2) is 25.0 Å². The first-order valence-electron chi connectivity index (χ1n) is 4.64. The number of aromatic nitrogens is 1. The van der Waals surface area contributed by atoms with Crippen molar-refractivity contribution in [2.24, 2.45) is 0 Å². The van der Waals surface area contributed by atoms with Gasteiger partial charge in [-0.2, -0.15) is 0 Å². The van der Waals surface area contributed by atoms with E-state index in [1.807, 2.05) is 0 Å². The van der Waals surface area contributed by atoms with Gasteiger partial charge in [0.2, 0.25) is 10.0 Å². The van der Waals surface area contributed by atoms with E-state index in [-0.39, 0.29) is 5.75 Å². The highest BCUT2D eigenvalue weighted by Crippen LogP contribution is 2.17. The Morgan fingerprint density at radius 1 is 1.44 bits per heavy atom. The van der Waals surface area contributed by atoms with Crippen molar-refractivity contribution < 1.29 is 8.42 Å². The fourth-order valence-electron chi connectivity index (χ4n) is 1.10. The third kappa shape index (κ3) is 4.15. The lowest BCUT2D eigenvalue weighted by Gasteiger charge is -2.09. The monoisotopic (exact) mass is 282 g/mol. The lowest BCUT2D eigenvalue weighted by molar-refractivity contribution is 0.600. The summed E-state index contributed by atoms with van der Waals surface area (Å²) in [6, 6.07) is 3.12. The van der Waals surface area contributed by atoms with Crippen LogP contribution in [0.1, 0.15) is 12.1 Å². The van der Waals surface area contributed by atoms with Gasteiger partial charge in [0.05, 0.1) is 17.1 Å². The van der Waals surface area contributed by atoms with Gasteiger partial charge in [-0.25, -0.2) is 13.4 Å². The third-order valence-electron chi connectivity index (χ3n) is 1.86. The molecule has 16 heavy (non-hydrogen) atoms. The Hall–Kier alpha value is -0.520. The molecule has 0 amide bonds. The molecular formula is C9H12Cl2N2O2S. The van der Waals surface area contributed by atoms with E-state index in [1.54, 1.807) is 13.0 Å². The Labute approximate surface area is 105 Å². The number of pyridine rings is 1. The van der Waals surface area contributed by atoms with Crippen LogP contribution in [-0.2, 0) is 10.0 Å². The van der Waals surface area contributed by atoms with Crippen molar-refractivity contribution in [3.8, 4) is 0 Å². The number of sulfonamides is 1. The van der Waals surface area contributed by atoms with E-state index in [4.69, 9.17) is 23.2 Å². The van der Waals surface area contributed by atoms with E-state index >= 15 is 0 Å². The predicted molar refractivity (Wildman–Crippen MR) is 66.7 cm³/mol. The quantitative estimate of drug-likeness (QED) is 0.667. The van der Waals surface area contributed by atoms with Gasteiger partial charge in [-0.15, -0.1) is 11.6 Å². The number of anilines is 1. The van der Waals surface area contributed by atoms with Crippen LogP contribution >= 0.6 is 23.2 Å². The number of hydrogen-bond donors (Lipinski definition) is 1. The zero-order valence-electron chi connectivity index (χ0n) is 8.70. The minimum atomic E-state index is -3.35. The first kappa shape index (κ1) is 13.5. The molecule has 0 bridgehead atoms. The molecule has 0 saturated heterocycles. The van der Waals surface area contributed by atoms with Gasteiger partial charge in [-0.3, -0.25) is 4.72 Å². The van der Waals surface area contributed by atoms with E-state index in [9.17, 15) is 8.42 Å². The lowest BCUT2D eigenvalue weighted by Crippen LogP contribution is -2.17. The molecule has 7 heteroatoms. The Kier molecular flexibility index (Phi) is 4.83. The van der Waals surface area contributed by atoms with Crippen molar-refractivity contribution in [2.45, 2.75) is 13.3 Å². The molecule has 1 heterocycles. The molecule has 0 unspecified atom stereocenters. The molecule has 0 fully saturated rings. The standard InChI is InChI=1S/C9H12Cl2N2O2S/c1-7-8(3-4-9(11)12-7)13-16(14,15)6-2-5-10/h3-4,13H,2,5-6H2,1H3. The molecule has 1 aromatic heterocycles. The van der Waals surface area contributed by atoms with Crippen molar-refractivity contribution >= 4 is 38.9 Å². The summed E-state index contributed by atoms with van der Waals surface area (Å²) >= 11 is 11.1. The summed E-state index contributed by atoms with van der Waals surface area (Å²) < 4.78 is 25.6. The maximum absolute atomic E-state index is 11.6. The lowest BCUT2D eigenvalue weighted by atomic mass is 10.3. The summed E-state index contributed by atoms with van der Waals surface area (Å²) in [6.45, 7) is 1.69. The summed E-state index contributed by atoms with van der Waals surface area (Å²) in [5, 5.41) is 0.334. The summed E-state index contributed by atoms with van der Waals surface area (Å²) in [5.41, 5.74) is 0.987. The van der Waals surface area contributed by atoms with E-state index in [0.29, 0.717) is 28.8 Å². The second-order valence-electron chi connectivity index (χ2n) is 3.23. The zero-order valence-corrected chi connectivity index (χ0v) is 11.0. The molecule has 1 aromatic rings. The zero-order chi connectivity index (χ0) is 12.2. The molecule has 4 nitrogen and oxygen atoms in total. The molecular weight excluding hydrogens is 271 g/mol. The van der Waals surface area contributed by atoms with Crippen LogP contribution in [0.4, 0.5) is 5.69 Å². The maximum Gasteiger partial charge on any atom is 0.232 e. The summed E-state index contributed by atoms with van der Waals surface area (Å²) in [7, 11) is -3.35. The average Bonchev–Trinajstić information content (AvgIpc) is 2.19. The Bertz CT molecular complexity index is 463. The molecule has 0 saturated carbocycles. The van der Waals surface area contributed by atoms with Gasteiger partial charge in [-0.1, -0.05) is 11.6 Å². The van der Waals surface area contributed by atoms with E-state index in [0.717, 1.165) is 0 Å². The molecule has 0 aromatic carbocycles. The summed E-state index contributed by atoms with van der Waals surface area (Å²) in [6.07, 6.45) is 0.414.